The Hall–Kier alpha value is -2.61. The van der Waals surface area contributed by atoms with Gasteiger partial charge < -0.3 is 5.32 Å². The van der Waals surface area contributed by atoms with Gasteiger partial charge in [0.25, 0.3) is 5.91 Å². The van der Waals surface area contributed by atoms with E-state index in [1.165, 1.54) is 6.33 Å². The van der Waals surface area contributed by atoms with E-state index in [4.69, 9.17) is 5.10 Å². The van der Waals surface area contributed by atoms with Gasteiger partial charge in [0.2, 0.25) is 0 Å². The van der Waals surface area contributed by atoms with Crippen LogP contribution in [0.2, 0.25) is 0 Å². The Kier molecular flexibility index (Phi) is 5.84. The monoisotopic (exact) mass is 412 g/mol. The molecule has 0 fully saturated rings. The maximum atomic E-state index is 12.8. The number of rotatable bonds is 5. The second-order valence-corrected chi connectivity index (χ2v) is 9.94. The first kappa shape index (κ1) is 21.1. The highest BCUT2D eigenvalue weighted by Gasteiger charge is 2.26. The van der Waals surface area contributed by atoms with E-state index in [0.717, 1.165) is 22.2 Å². The van der Waals surface area contributed by atoms with Crippen LogP contribution in [0.4, 0.5) is 5.82 Å². The molecule has 0 bridgehead atoms. The van der Waals surface area contributed by atoms with E-state index in [-0.39, 0.29) is 16.9 Å². The van der Waals surface area contributed by atoms with Crippen molar-refractivity contribution >= 4 is 23.5 Å². The van der Waals surface area contributed by atoms with Crippen LogP contribution in [0, 0.1) is 0 Å². The number of hydrogen-bond acceptors (Lipinski definition) is 5. The quantitative estimate of drug-likeness (QED) is 0.598. The molecule has 0 unspecified atom stereocenters. The third-order valence-electron chi connectivity index (χ3n) is 4.34. The molecule has 3 aromatic rings. The van der Waals surface area contributed by atoms with Crippen LogP contribution in [0.25, 0.3) is 0 Å². The largest absolute Gasteiger partial charge is 0.307 e. The third-order valence-corrected chi connectivity index (χ3v) is 5.29. The van der Waals surface area contributed by atoms with E-state index in [0.29, 0.717) is 11.4 Å². The van der Waals surface area contributed by atoms with Crippen molar-refractivity contribution in [2.24, 2.45) is 0 Å². The zero-order valence-electron chi connectivity index (χ0n) is 17.8. The molecule has 2 heterocycles. The molecular weight excluding hydrogens is 384 g/mol. The third kappa shape index (κ3) is 5.26. The summed E-state index contributed by atoms with van der Waals surface area (Å²) >= 11 is 1.57. The minimum Gasteiger partial charge on any atom is -0.307 e. The Morgan fingerprint density at radius 1 is 1.14 bits per heavy atom. The second kappa shape index (κ2) is 8.02. The fraction of sp³-hybridized carbons (Fsp3) is 0.429. The Labute approximate surface area is 175 Å². The number of benzene rings is 1. The van der Waals surface area contributed by atoms with Crippen LogP contribution in [0.15, 0.2) is 41.8 Å². The summed E-state index contributed by atoms with van der Waals surface area (Å²) in [6.45, 7) is 12.6. The van der Waals surface area contributed by atoms with E-state index in [1.807, 2.05) is 35.0 Å². The summed E-state index contributed by atoms with van der Waals surface area (Å²) in [5, 5.41) is 15.2. The normalized spacial score (nSPS) is 12.2. The van der Waals surface area contributed by atoms with E-state index in [1.54, 1.807) is 11.8 Å². The zero-order valence-corrected chi connectivity index (χ0v) is 18.6. The van der Waals surface area contributed by atoms with Gasteiger partial charge in [-0.3, -0.25) is 9.89 Å². The van der Waals surface area contributed by atoms with Gasteiger partial charge >= 0.3 is 0 Å². The molecule has 0 atom stereocenters. The molecule has 2 aromatic heterocycles. The Bertz CT molecular complexity index is 962. The van der Waals surface area contributed by atoms with Gasteiger partial charge in [0.1, 0.15) is 12.1 Å². The first-order valence-corrected chi connectivity index (χ1v) is 10.5. The predicted molar refractivity (Wildman–Crippen MR) is 116 cm³/mol. The SMILES string of the molecule is CC(C)(C)c1cc(NC(=O)c2ccc(CSc3ncn[nH]3)cc2)n(C(C)(C)C)n1. The summed E-state index contributed by atoms with van der Waals surface area (Å²) in [7, 11) is 0. The van der Waals surface area contributed by atoms with Crippen LogP contribution in [0.3, 0.4) is 0 Å². The lowest BCUT2D eigenvalue weighted by Gasteiger charge is -2.23. The maximum Gasteiger partial charge on any atom is 0.256 e. The van der Waals surface area contributed by atoms with Crippen molar-refractivity contribution in [3.05, 3.63) is 53.5 Å². The topological polar surface area (TPSA) is 88.5 Å². The molecule has 154 valence electrons. The summed E-state index contributed by atoms with van der Waals surface area (Å²) < 4.78 is 1.88. The molecule has 0 aliphatic carbocycles. The summed E-state index contributed by atoms with van der Waals surface area (Å²) in [6.07, 6.45) is 1.49. The molecule has 3 rings (SSSR count). The number of aromatic nitrogens is 5. The lowest BCUT2D eigenvalue weighted by atomic mass is 9.92. The van der Waals surface area contributed by atoms with E-state index in [2.05, 4.69) is 62.0 Å². The van der Waals surface area contributed by atoms with Gasteiger partial charge in [0.15, 0.2) is 5.16 Å². The highest BCUT2D eigenvalue weighted by Crippen LogP contribution is 2.28. The van der Waals surface area contributed by atoms with Crippen LogP contribution >= 0.6 is 11.8 Å². The van der Waals surface area contributed by atoms with Crippen LogP contribution in [0.5, 0.6) is 0 Å². The first-order valence-electron chi connectivity index (χ1n) is 9.53. The number of hydrogen-bond donors (Lipinski definition) is 2. The zero-order chi connectivity index (χ0) is 21.2. The van der Waals surface area contributed by atoms with Crippen LogP contribution in [0.1, 0.15) is 63.2 Å². The number of aromatic amines is 1. The molecule has 0 aliphatic rings. The van der Waals surface area contributed by atoms with Gasteiger partial charge in [-0.1, -0.05) is 44.7 Å². The molecule has 0 radical (unpaired) electrons. The van der Waals surface area contributed by atoms with Gasteiger partial charge in [-0.15, -0.1) is 0 Å². The molecule has 1 amide bonds. The average Bonchev–Trinajstić information content (AvgIpc) is 3.29. The van der Waals surface area contributed by atoms with Crippen molar-refractivity contribution in [3.8, 4) is 0 Å². The van der Waals surface area contributed by atoms with E-state index in [9.17, 15) is 4.79 Å². The van der Waals surface area contributed by atoms with Crippen LogP contribution < -0.4 is 5.32 Å². The summed E-state index contributed by atoms with van der Waals surface area (Å²) in [5.74, 6) is 1.31. The van der Waals surface area contributed by atoms with Crippen LogP contribution in [-0.4, -0.2) is 30.9 Å². The molecule has 0 saturated carbocycles. The Balaban J connectivity index is 1.73. The van der Waals surface area contributed by atoms with Gasteiger partial charge in [-0.25, -0.2) is 9.67 Å². The van der Waals surface area contributed by atoms with Crippen LogP contribution in [-0.2, 0) is 16.7 Å². The van der Waals surface area contributed by atoms with Gasteiger partial charge in [-0.2, -0.15) is 10.2 Å². The number of carbonyl (C=O) groups is 1. The maximum absolute atomic E-state index is 12.8. The molecule has 8 heteroatoms. The summed E-state index contributed by atoms with van der Waals surface area (Å²) in [5.41, 5.74) is 2.32. The average molecular weight is 413 g/mol. The lowest BCUT2D eigenvalue weighted by molar-refractivity contribution is 0.102. The fourth-order valence-electron chi connectivity index (χ4n) is 2.70. The van der Waals surface area contributed by atoms with Crippen molar-refractivity contribution in [1.82, 2.24) is 25.0 Å². The highest BCUT2D eigenvalue weighted by atomic mass is 32.2. The number of H-pyrrole nitrogens is 1. The Morgan fingerprint density at radius 2 is 1.83 bits per heavy atom. The number of nitrogens with one attached hydrogen (secondary N) is 2. The van der Waals surface area contributed by atoms with Gasteiger partial charge in [-0.05, 0) is 38.5 Å². The van der Waals surface area contributed by atoms with Crippen molar-refractivity contribution in [2.45, 2.75) is 63.4 Å². The number of anilines is 1. The number of thioether (sulfide) groups is 1. The van der Waals surface area contributed by atoms with Gasteiger partial charge in [0, 0.05) is 22.8 Å². The molecule has 1 aromatic carbocycles. The van der Waals surface area contributed by atoms with Crippen molar-refractivity contribution in [2.75, 3.05) is 5.32 Å². The summed E-state index contributed by atoms with van der Waals surface area (Å²) in [4.78, 5) is 16.9. The molecule has 29 heavy (non-hydrogen) atoms. The summed E-state index contributed by atoms with van der Waals surface area (Å²) in [6, 6.07) is 9.56. The molecule has 2 N–H and O–H groups in total. The van der Waals surface area contributed by atoms with Crippen molar-refractivity contribution < 1.29 is 4.79 Å². The molecule has 0 aliphatic heterocycles. The molecule has 0 saturated heterocycles. The minimum absolute atomic E-state index is 0.0984. The minimum atomic E-state index is -0.242. The van der Waals surface area contributed by atoms with Crippen molar-refractivity contribution in [1.29, 1.82) is 0 Å². The van der Waals surface area contributed by atoms with Crippen molar-refractivity contribution in [3.63, 3.8) is 0 Å². The Morgan fingerprint density at radius 3 is 2.38 bits per heavy atom. The first-order chi connectivity index (χ1) is 13.5. The smallest absolute Gasteiger partial charge is 0.256 e. The predicted octanol–water partition coefficient (Wildman–Crippen LogP) is 4.60. The highest BCUT2D eigenvalue weighted by molar-refractivity contribution is 7.98. The molecule has 0 spiro atoms. The molecular formula is C21H28N6OS. The van der Waals surface area contributed by atoms with E-state index < -0.39 is 0 Å². The standard InChI is InChI=1S/C21H28N6OS/c1-20(2,3)16-11-17(27(26-16)21(4,5)6)24-18(28)15-9-7-14(8-10-15)12-29-19-22-13-23-25-19/h7-11,13H,12H2,1-6H3,(H,24,28)(H,22,23,25). The number of amides is 1. The number of nitrogens with zero attached hydrogens (tertiary/aromatic N) is 4. The second-order valence-electron chi connectivity index (χ2n) is 8.98. The number of carbonyl (C=O) groups excluding carboxylic acids is 1. The fourth-order valence-corrected chi connectivity index (χ4v) is 3.44. The van der Waals surface area contributed by atoms with E-state index >= 15 is 0 Å². The molecule has 7 nitrogen and oxygen atoms in total. The van der Waals surface area contributed by atoms with Gasteiger partial charge in [0.05, 0.1) is 11.2 Å². The lowest BCUT2D eigenvalue weighted by Crippen LogP contribution is -2.27.